The minimum Gasteiger partial charge on any atom is -0.306 e. The highest BCUT2D eigenvalue weighted by Gasteiger charge is 2.20. The second-order valence-corrected chi connectivity index (χ2v) is 5.89. The molecular formula is C9H20N2O2S. The van der Waals surface area contributed by atoms with E-state index in [2.05, 4.69) is 16.7 Å². The molecule has 0 atom stereocenters. The van der Waals surface area contributed by atoms with Crippen molar-refractivity contribution in [2.24, 2.45) is 0 Å². The van der Waals surface area contributed by atoms with Gasteiger partial charge in [-0.1, -0.05) is 6.92 Å². The van der Waals surface area contributed by atoms with Gasteiger partial charge in [0, 0.05) is 6.04 Å². The first-order valence-electron chi connectivity index (χ1n) is 5.22. The molecule has 1 fully saturated rings. The summed E-state index contributed by atoms with van der Waals surface area (Å²) in [6.07, 6.45) is 2.54. The molecule has 0 unspecified atom stereocenters. The third-order valence-corrected chi connectivity index (χ3v) is 4.18. The molecule has 0 aromatic rings. The van der Waals surface area contributed by atoms with Gasteiger partial charge in [0.25, 0.3) is 0 Å². The molecule has 0 bridgehead atoms. The lowest BCUT2D eigenvalue weighted by Crippen LogP contribution is -2.43. The Bertz CT molecular complexity index is 256. The molecule has 5 heteroatoms. The highest BCUT2D eigenvalue weighted by molar-refractivity contribution is 7.89. The minimum atomic E-state index is -3.02. The molecule has 1 saturated heterocycles. The Morgan fingerprint density at radius 2 is 1.93 bits per heavy atom. The smallest absolute Gasteiger partial charge is 0.211 e. The van der Waals surface area contributed by atoms with Crippen molar-refractivity contribution >= 4 is 10.0 Å². The number of piperidine rings is 1. The maximum Gasteiger partial charge on any atom is 0.211 e. The van der Waals surface area contributed by atoms with Gasteiger partial charge in [-0.25, -0.2) is 13.1 Å². The average Bonchev–Trinajstić information content (AvgIpc) is 2.08. The predicted octanol–water partition coefficient (Wildman–Crippen LogP) is 0.410. The Labute approximate surface area is 86.7 Å². The largest absolute Gasteiger partial charge is 0.306 e. The fourth-order valence-electron chi connectivity index (χ4n) is 1.71. The Balaban J connectivity index is 2.37. The number of rotatable bonds is 4. The number of likely N-dealkylation sites (tertiary alicyclic amines) is 1. The van der Waals surface area contributed by atoms with Crippen molar-refractivity contribution in [3.63, 3.8) is 0 Å². The summed E-state index contributed by atoms with van der Waals surface area (Å²) < 4.78 is 25.7. The summed E-state index contributed by atoms with van der Waals surface area (Å²) in [6, 6.07) is 0.155. The lowest BCUT2D eigenvalue weighted by Gasteiger charge is -2.29. The summed E-state index contributed by atoms with van der Waals surface area (Å²) in [5.74, 6) is 0.249. The van der Waals surface area contributed by atoms with Gasteiger partial charge in [-0.3, -0.25) is 0 Å². The van der Waals surface area contributed by atoms with Crippen molar-refractivity contribution in [1.29, 1.82) is 0 Å². The van der Waals surface area contributed by atoms with Gasteiger partial charge in [0.2, 0.25) is 10.0 Å². The average molecular weight is 220 g/mol. The highest BCUT2D eigenvalue weighted by atomic mass is 32.2. The Hall–Kier alpha value is -0.130. The standard InChI is InChI=1S/C9H20N2O2S/c1-3-8-14(12,13)10-9-4-6-11(2)7-5-9/h9-10H,3-8H2,1-2H3. The fourth-order valence-corrected chi connectivity index (χ4v) is 3.11. The molecule has 1 aliphatic rings. The van der Waals surface area contributed by atoms with Gasteiger partial charge < -0.3 is 4.90 Å². The Kier molecular flexibility index (Phi) is 4.34. The van der Waals surface area contributed by atoms with Gasteiger partial charge in [0.1, 0.15) is 0 Å². The van der Waals surface area contributed by atoms with E-state index in [9.17, 15) is 8.42 Å². The summed E-state index contributed by atoms with van der Waals surface area (Å²) >= 11 is 0. The number of sulfonamides is 1. The highest BCUT2D eigenvalue weighted by Crippen LogP contribution is 2.09. The maximum atomic E-state index is 11.5. The lowest BCUT2D eigenvalue weighted by molar-refractivity contribution is 0.248. The summed E-state index contributed by atoms with van der Waals surface area (Å²) in [7, 11) is -0.951. The van der Waals surface area contributed by atoms with Crippen LogP contribution in [0.1, 0.15) is 26.2 Å². The van der Waals surface area contributed by atoms with E-state index in [-0.39, 0.29) is 11.8 Å². The molecule has 84 valence electrons. The molecule has 0 aliphatic carbocycles. The predicted molar refractivity (Wildman–Crippen MR) is 57.7 cm³/mol. The fraction of sp³-hybridized carbons (Fsp3) is 1.00. The zero-order valence-corrected chi connectivity index (χ0v) is 9.81. The zero-order valence-electron chi connectivity index (χ0n) is 8.99. The topological polar surface area (TPSA) is 49.4 Å². The Morgan fingerprint density at radius 1 is 1.36 bits per heavy atom. The lowest BCUT2D eigenvalue weighted by atomic mass is 10.1. The molecule has 0 aromatic heterocycles. The summed E-state index contributed by atoms with van der Waals surface area (Å²) in [6.45, 7) is 3.85. The molecule has 0 aromatic carbocycles. The van der Waals surface area contributed by atoms with E-state index in [4.69, 9.17) is 0 Å². The monoisotopic (exact) mass is 220 g/mol. The molecule has 14 heavy (non-hydrogen) atoms. The molecular weight excluding hydrogens is 200 g/mol. The molecule has 0 saturated carbocycles. The molecule has 1 heterocycles. The van der Waals surface area contributed by atoms with E-state index >= 15 is 0 Å². The van der Waals surface area contributed by atoms with Crippen LogP contribution in [0.2, 0.25) is 0 Å². The van der Waals surface area contributed by atoms with Crippen molar-refractivity contribution in [2.75, 3.05) is 25.9 Å². The van der Waals surface area contributed by atoms with Crippen LogP contribution in [0.15, 0.2) is 0 Å². The van der Waals surface area contributed by atoms with E-state index in [1.807, 2.05) is 6.92 Å². The van der Waals surface area contributed by atoms with Crippen LogP contribution in [0.5, 0.6) is 0 Å². The van der Waals surface area contributed by atoms with Gasteiger partial charge in [-0.2, -0.15) is 0 Å². The van der Waals surface area contributed by atoms with Gasteiger partial charge >= 0.3 is 0 Å². The van der Waals surface area contributed by atoms with Gasteiger partial charge in [0.15, 0.2) is 0 Å². The quantitative estimate of drug-likeness (QED) is 0.746. The molecule has 1 N–H and O–H groups in total. The third-order valence-electron chi connectivity index (χ3n) is 2.54. The first-order chi connectivity index (χ1) is 6.53. The van der Waals surface area contributed by atoms with Crippen LogP contribution >= 0.6 is 0 Å². The van der Waals surface area contributed by atoms with Crippen molar-refractivity contribution < 1.29 is 8.42 Å². The second-order valence-electron chi connectivity index (χ2n) is 4.01. The van der Waals surface area contributed by atoms with Gasteiger partial charge in [-0.15, -0.1) is 0 Å². The summed E-state index contributed by atoms with van der Waals surface area (Å²) in [4.78, 5) is 2.23. The molecule has 1 rings (SSSR count). The normalized spacial score (nSPS) is 21.3. The molecule has 0 amide bonds. The summed E-state index contributed by atoms with van der Waals surface area (Å²) in [5, 5.41) is 0. The number of hydrogen-bond acceptors (Lipinski definition) is 3. The van der Waals surface area contributed by atoms with Crippen molar-refractivity contribution in [1.82, 2.24) is 9.62 Å². The number of nitrogens with one attached hydrogen (secondary N) is 1. The third kappa shape index (κ3) is 3.94. The van der Waals surface area contributed by atoms with Crippen LogP contribution in [-0.4, -0.2) is 45.2 Å². The van der Waals surface area contributed by atoms with E-state index in [1.165, 1.54) is 0 Å². The van der Waals surface area contributed by atoms with Crippen LogP contribution in [0.4, 0.5) is 0 Å². The van der Waals surface area contributed by atoms with Crippen molar-refractivity contribution in [2.45, 2.75) is 32.2 Å². The molecule has 0 spiro atoms. The van der Waals surface area contributed by atoms with Crippen LogP contribution in [0, 0.1) is 0 Å². The number of hydrogen-bond donors (Lipinski definition) is 1. The molecule has 4 nitrogen and oxygen atoms in total. The maximum absolute atomic E-state index is 11.5. The van der Waals surface area contributed by atoms with Crippen molar-refractivity contribution in [3.8, 4) is 0 Å². The van der Waals surface area contributed by atoms with E-state index in [0.717, 1.165) is 25.9 Å². The molecule has 0 radical (unpaired) electrons. The van der Waals surface area contributed by atoms with Gasteiger partial charge in [0.05, 0.1) is 5.75 Å². The first kappa shape index (κ1) is 11.9. The zero-order chi connectivity index (χ0) is 10.6. The van der Waals surface area contributed by atoms with Crippen LogP contribution in [0.3, 0.4) is 0 Å². The van der Waals surface area contributed by atoms with Crippen molar-refractivity contribution in [3.05, 3.63) is 0 Å². The molecule has 1 aliphatic heterocycles. The number of nitrogens with zero attached hydrogens (tertiary/aromatic N) is 1. The first-order valence-corrected chi connectivity index (χ1v) is 6.87. The SMILES string of the molecule is CCCS(=O)(=O)NC1CCN(C)CC1. The van der Waals surface area contributed by atoms with Crippen LogP contribution in [0.25, 0.3) is 0 Å². The van der Waals surface area contributed by atoms with E-state index in [1.54, 1.807) is 0 Å². The van der Waals surface area contributed by atoms with E-state index in [0.29, 0.717) is 6.42 Å². The second kappa shape index (κ2) is 5.09. The van der Waals surface area contributed by atoms with E-state index < -0.39 is 10.0 Å². The summed E-state index contributed by atoms with van der Waals surface area (Å²) in [5.41, 5.74) is 0. The van der Waals surface area contributed by atoms with Crippen LogP contribution in [-0.2, 0) is 10.0 Å². The van der Waals surface area contributed by atoms with Crippen LogP contribution < -0.4 is 4.72 Å². The van der Waals surface area contributed by atoms with Gasteiger partial charge in [-0.05, 0) is 39.4 Å². The Morgan fingerprint density at radius 3 is 2.43 bits per heavy atom. The minimum absolute atomic E-state index is 0.155.